The molecule has 2 aromatic rings. The number of benzene rings is 1. The number of carbonyl (C=O) groups excluding carboxylic acids is 1. The molecule has 0 N–H and O–H groups in total. The predicted octanol–water partition coefficient (Wildman–Crippen LogP) is 4.09. The fraction of sp³-hybridized carbons (Fsp3) is 0.471. The lowest BCUT2D eigenvalue weighted by atomic mass is 10.2. The largest absolute Gasteiger partial charge is 0.444 e. The average Bonchev–Trinajstić information content (AvgIpc) is 2.74. The Morgan fingerprint density at radius 3 is 2.73 bits per heavy atom. The average molecular weight is 304 g/mol. The fourth-order valence-electron chi connectivity index (χ4n) is 3.02. The number of fused-ring (bicyclic) bond motifs is 3. The first-order chi connectivity index (χ1) is 10.2. The molecule has 3 rings (SSSR count). The molecular formula is C17H21FN2O2. The number of aromatic nitrogens is 1. The number of carbonyl (C=O) groups is 1. The summed E-state index contributed by atoms with van der Waals surface area (Å²) in [6, 6.07) is 6.89. The van der Waals surface area contributed by atoms with Crippen molar-refractivity contribution in [1.82, 2.24) is 9.47 Å². The summed E-state index contributed by atoms with van der Waals surface area (Å²) >= 11 is 0. The first-order valence-corrected chi connectivity index (χ1v) is 7.52. The van der Waals surface area contributed by atoms with Crippen molar-refractivity contribution in [2.45, 2.75) is 45.9 Å². The number of hydrogen-bond donors (Lipinski definition) is 0. The smallest absolute Gasteiger partial charge is 0.410 e. The van der Waals surface area contributed by atoms with Gasteiger partial charge in [-0.2, -0.15) is 0 Å². The molecule has 0 fully saturated rings. The number of amides is 1. The second-order valence-corrected chi connectivity index (χ2v) is 6.92. The normalized spacial score (nSPS) is 18.4. The Balaban J connectivity index is 1.93. The van der Waals surface area contributed by atoms with Crippen LogP contribution in [-0.4, -0.2) is 27.7 Å². The molecule has 0 saturated carbocycles. The van der Waals surface area contributed by atoms with Crippen LogP contribution in [0, 0.1) is 5.82 Å². The van der Waals surface area contributed by atoms with Gasteiger partial charge in [-0.15, -0.1) is 0 Å². The quantitative estimate of drug-likeness (QED) is 0.734. The number of rotatable bonds is 0. The minimum Gasteiger partial charge on any atom is -0.444 e. The Kier molecular flexibility index (Phi) is 3.38. The Morgan fingerprint density at radius 2 is 2.05 bits per heavy atom. The molecule has 5 heteroatoms. The van der Waals surface area contributed by atoms with Crippen molar-refractivity contribution in [2.24, 2.45) is 0 Å². The maximum Gasteiger partial charge on any atom is 0.410 e. The van der Waals surface area contributed by atoms with Crippen molar-refractivity contribution in [3.8, 4) is 0 Å². The predicted molar refractivity (Wildman–Crippen MR) is 83.3 cm³/mol. The number of halogens is 1. The molecule has 1 atom stereocenters. The zero-order chi connectivity index (χ0) is 16.1. The van der Waals surface area contributed by atoms with E-state index in [1.54, 1.807) is 17.0 Å². The van der Waals surface area contributed by atoms with Gasteiger partial charge in [-0.25, -0.2) is 9.18 Å². The van der Waals surface area contributed by atoms with E-state index in [9.17, 15) is 9.18 Å². The van der Waals surface area contributed by atoms with Gasteiger partial charge < -0.3 is 14.2 Å². The minimum absolute atomic E-state index is 0.0792. The lowest BCUT2D eigenvalue weighted by Crippen LogP contribution is -2.42. The van der Waals surface area contributed by atoms with Crippen molar-refractivity contribution < 1.29 is 13.9 Å². The van der Waals surface area contributed by atoms with E-state index in [0.29, 0.717) is 13.1 Å². The molecule has 0 bridgehead atoms. The van der Waals surface area contributed by atoms with Crippen LogP contribution in [0.3, 0.4) is 0 Å². The van der Waals surface area contributed by atoms with Gasteiger partial charge in [-0.1, -0.05) is 0 Å². The van der Waals surface area contributed by atoms with Crippen molar-refractivity contribution in [3.63, 3.8) is 0 Å². The summed E-state index contributed by atoms with van der Waals surface area (Å²) < 4.78 is 21.1. The second kappa shape index (κ2) is 5.00. The van der Waals surface area contributed by atoms with Crippen LogP contribution in [0.15, 0.2) is 24.3 Å². The maximum absolute atomic E-state index is 13.5. The molecule has 22 heavy (non-hydrogen) atoms. The van der Waals surface area contributed by atoms with Gasteiger partial charge in [-0.05, 0) is 52.0 Å². The standard InChI is InChI=1S/C17H21FN2O2/c1-11-9-19(16(21)22-17(2,3)4)10-14-7-12-5-6-13(18)8-15(12)20(11)14/h5-8,11H,9-10H2,1-4H3. The molecule has 1 aromatic carbocycles. The highest BCUT2D eigenvalue weighted by molar-refractivity contribution is 5.82. The van der Waals surface area contributed by atoms with Crippen LogP contribution in [0.2, 0.25) is 0 Å². The molecule has 4 nitrogen and oxygen atoms in total. The Labute approximate surface area is 129 Å². The summed E-state index contributed by atoms with van der Waals surface area (Å²) in [7, 11) is 0. The molecule has 1 unspecified atom stereocenters. The molecule has 0 saturated heterocycles. The lowest BCUT2D eigenvalue weighted by molar-refractivity contribution is 0.0176. The summed E-state index contributed by atoms with van der Waals surface area (Å²) in [5.74, 6) is -0.241. The molecule has 0 spiro atoms. The van der Waals surface area contributed by atoms with Gasteiger partial charge in [0.2, 0.25) is 0 Å². The molecule has 2 heterocycles. The molecule has 0 aliphatic carbocycles. The first kappa shape index (κ1) is 14.9. The van der Waals surface area contributed by atoms with Gasteiger partial charge in [0, 0.05) is 23.7 Å². The first-order valence-electron chi connectivity index (χ1n) is 7.52. The van der Waals surface area contributed by atoms with Crippen LogP contribution in [0.1, 0.15) is 39.4 Å². The summed E-state index contributed by atoms with van der Waals surface area (Å²) in [5, 5.41) is 0.995. The topological polar surface area (TPSA) is 34.5 Å². The van der Waals surface area contributed by atoms with Crippen molar-refractivity contribution in [3.05, 3.63) is 35.8 Å². The minimum atomic E-state index is -0.506. The van der Waals surface area contributed by atoms with E-state index < -0.39 is 5.60 Å². The number of hydrogen-bond acceptors (Lipinski definition) is 2. The third kappa shape index (κ3) is 2.67. The van der Waals surface area contributed by atoms with Gasteiger partial charge >= 0.3 is 6.09 Å². The van der Waals surface area contributed by atoms with Gasteiger partial charge in [0.1, 0.15) is 11.4 Å². The maximum atomic E-state index is 13.5. The van der Waals surface area contributed by atoms with Crippen LogP contribution >= 0.6 is 0 Å². The van der Waals surface area contributed by atoms with E-state index in [2.05, 4.69) is 4.57 Å². The lowest BCUT2D eigenvalue weighted by Gasteiger charge is -2.34. The molecular weight excluding hydrogens is 283 g/mol. The fourth-order valence-corrected chi connectivity index (χ4v) is 3.02. The Hall–Kier alpha value is -2.04. The molecule has 118 valence electrons. The van der Waals surface area contributed by atoms with Gasteiger partial charge in [0.15, 0.2) is 0 Å². The second-order valence-electron chi connectivity index (χ2n) is 6.92. The number of nitrogens with zero attached hydrogens (tertiary/aromatic N) is 2. The van der Waals surface area contributed by atoms with Crippen LogP contribution in [0.5, 0.6) is 0 Å². The monoisotopic (exact) mass is 304 g/mol. The zero-order valence-electron chi connectivity index (χ0n) is 13.4. The van der Waals surface area contributed by atoms with E-state index in [0.717, 1.165) is 16.6 Å². The highest BCUT2D eigenvalue weighted by Crippen LogP contribution is 2.30. The zero-order valence-corrected chi connectivity index (χ0v) is 13.4. The van der Waals surface area contributed by atoms with E-state index in [-0.39, 0.29) is 18.0 Å². The molecule has 1 amide bonds. The Morgan fingerprint density at radius 1 is 1.32 bits per heavy atom. The van der Waals surface area contributed by atoms with E-state index in [1.165, 1.54) is 6.07 Å². The SMILES string of the molecule is CC1CN(C(=O)OC(C)(C)C)Cc2cc3ccc(F)cc3n21. The highest BCUT2D eigenvalue weighted by atomic mass is 19.1. The van der Waals surface area contributed by atoms with Gasteiger partial charge in [-0.3, -0.25) is 0 Å². The number of ether oxygens (including phenoxy) is 1. The van der Waals surface area contributed by atoms with Crippen molar-refractivity contribution in [1.29, 1.82) is 0 Å². The van der Waals surface area contributed by atoms with E-state index in [1.807, 2.05) is 33.8 Å². The van der Waals surface area contributed by atoms with Crippen LogP contribution < -0.4 is 0 Å². The third-order valence-electron chi connectivity index (χ3n) is 3.81. The van der Waals surface area contributed by atoms with E-state index in [4.69, 9.17) is 4.74 Å². The van der Waals surface area contributed by atoms with Gasteiger partial charge in [0.05, 0.1) is 12.1 Å². The van der Waals surface area contributed by atoms with Gasteiger partial charge in [0.25, 0.3) is 0 Å². The highest BCUT2D eigenvalue weighted by Gasteiger charge is 2.30. The summed E-state index contributed by atoms with van der Waals surface area (Å²) in [6.45, 7) is 8.65. The van der Waals surface area contributed by atoms with E-state index >= 15 is 0 Å². The molecule has 0 radical (unpaired) electrons. The summed E-state index contributed by atoms with van der Waals surface area (Å²) in [4.78, 5) is 14.0. The molecule has 1 aliphatic heterocycles. The van der Waals surface area contributed by atoms with Crippen LogP contribution in [-0.2, 0) is 11.3 Å². The van der Waals surface area contributed by atoms with Crippen molar-refractivity contribution >= 4 is 17.0 Å². The third-order valence-corrected chi connectivity index (χ3v) is 3.81. The Bertz CT molecular complexity index is 730. The summed E-state index contributed by atoms with van der Waals surface area (Å²) in [5.41, 5.74) is 1.38. The van der Waals surface area contributed by atoms with Crippen LogP contribution in [0.4, 0.5) is 9.18 Å². The molecule has 1 aromatic heterocycles. The van der Waals surface area contributed by atoms with Crippen LogP contribution in [0.25, 0.3) is 10.9 Å². The van der Waals surface area contributed by atoms with Crippen molar-refractivity contribution in [2.75, 3.05) is 6.54 Å². The summed E-state index contributed by atoms with van der Waals surface area (Å²) in [6.07, 6.45) is -0.304. The molecule has 1 aliphatic rings.